The van der Waals surface area contributed by atoms with Crippen molar-refractivity contribution in [3.63, 3.8) is 0 Å². The summed E-state index contributed by atoms with van der Waals surface area (Å²) in [5.41, 5.74) is 6.81. The van der Waals surface area contributed by atoms with Crippen molar-refractivity contribution in [2.45, 2.75) is 47.5 Å². The van der Waals surface area contributed by atoms with Crippen molar-refractivity contribution < 1.29 is 9.53 Å². The lowest BCUT2D eigenvalue weighted by Crippen LogP contribution is -2.24. The summed E-state index contributed by atoms with van der Waals surface area (Å²) in [6, 6.07) is 3.62. The molecule has 0 aromatic heterocycles. The first-order valence-corrected chi connectivity index (χ1v) is 8.68. The molecule has 0 fully saturated rings. The van der Waals surface area contributed by atoms with Crippen LogP contribution in [0.2, 0.25) is 5.02 Å². The van der Waals surface area contributed by atoms with Crippen LogP contribution in [0.3, 0.4) is 0 Å². The maximum absolute atomic E-state index is 11.7. The van der Waals surface area contributed by atoms with Gasteiger partial charge in [0.1, 0.15) is 5.75 Å². The molecule has 4 nitrogen and oxygen atoms in total. The lowest BCUT2D eigenvalue weighted by atomic mass is 10.1. The highest BCUT2D eigenvalue weighted by Gasteiger charge is 2.05. The zero-order valence-corrected chi connectivity index (χ0v) is 16.4. The van der Waals surface area contributed by atoms with Gasteiger partial charge in [0.05, 0.1) is 0 Å². The number of nitrogens with one attached hydrogen (secondary N) is 1. The molecule has 5 heteroatoms. The molecule has 1 amide bonds. The summed E-state index contributed by atoms with van der Waals surface area (Å²) in [5.74, 6) is 0.311. The van der Waals surface area contributed by atoms with Crippen LogP contribution in [-0.4, -0.2) is 18.7 Å². The average Bonchev–Trinajstić information content (AvgIpc) is 2.54. The van der Waals surface area contributed by atoms with E-state index in [4.69, 9.17) is 16.3 Å². The van der Waals surface area contributed by atoms with E-state index in [-0.39, 0.29) is 12.5 Å². The van der Waals surface area contributed by atoms with Crippen LogP contribution in [0.15, 0.2) is 40.5 Å². The Hall–Kier alpha value is -2.07. The SMILES string of the molecule is CC(C)=CCCC(C)=CC=NNC(=O)COc1cc(C)c(Cl)c(C)c1. The number of rotatable bonds is 8. The quantitative estimate of drug-likeness (QED) is 0.396. The number of allylic oxidation sites excluding steroid dienone is 4. The van der Waals surface area contributed by atoms with Gasteiger partial charge in [0, 0.05) is 11.2 Å². The van der Waals surface area contributed by atoms with Gasteiger partial charge in [-0.15, -0.1) is 0 Å². The molecule has 0 unspecified atom stereocenters. The zero-order chi connectivity index (χ0) is 18.8. The Bertz CT molecular complexity index is 664. The van der Waals surface area contributed by atoms with Gasteiger partial charge >= 0.3 is 0 Å². The van der Waals surface area contributed by atoms with Gasteiger partial charge in [-0.05, 0) is 76.8 Å². The van der Waals surface area contributed by atoms with Crippen LogP contribution in [0, 0.1) is 13.8 Å². The van der Waals surface area contributed by atoms with Crippen molar-refractivity contribution in [1.82, 2.24) is 5.43 Å². The Balaban J connectivity index is 2.38. The molecule has 0 aliphatic carbocycles. The maximum atomic E-state index is 11.7. The summed E-state index contributed by atoms with van der Waals surface area (Å²) in [6.07, 6.45) is 7.67. The minimum absolute atomic E-state index is 0.0961. The standard InChI is InChI=1S/C20H27ClN2O2/c1-14(2)7-6-8-15(3)9-10-22-23-19(24)13-25-18-11-16(4)20(21)17(5)12-18/h7,9-12H,6,8,13H2,1-5H3,(H,23,24). The number of hydrazone groups is 1. The molecular formula is C20H27ClN2O2. The molecule has 0 spiro atoms. The predicted molar refractivity (Wildman–Crippen MR) is 105 cm³/mol. The number of amides is 1. The molecule has 1 aromatic rings. The number of carbonyl (C=O) groups is 1. The fourth-order valence-electron chi connectivity index (χ4n) is 2.12. The Morgan fingerprint density at radius 2 is 1.88 bits per heavy atom. The molecule has 0 aliphatic heterocycles. The van der Waals surface area contributed by atoms with E-state index in [0.29, 0.717) is 10.8 Å². The van der Waals surface area contributed by atoms with E-state index in [0.717, 1.165) is 24.0 Å². The second kappa shape index (κ2) is 10.7. The predicted octanol–water partition coefficient (Wildman–Crippen LogP) is 5.13. The number of ether oxygens (including phenoxy) is 1. The van der Waals surface area contributed by atoms with Crippen LogP contribution in [0.25, 0.3) is 0 Å². The number of hydrogen-bond donors (Lipinski definition) is 1. The molecule has 0 saturated heterocycles. The highest BCUT2D eigenvalue weighted by molar-refractivity contribution is 6.32. The van der Waals surface area contributed by atoms with E-state index >= 15 is 0 Å². The van der Waals surface area contributed by atoms with Crippen molar-refractivity contribution in [2.24, 2.45) is 5.10 Å². The van der Waals surface area contributed by atoms with Crippen LogP contribution < -0.4 is 10.2 Å². The van der Waals surface area contributed by atoms with E-state index in [1.807, 2.05) is 39.0 Å². The molecule has 0 bridgehead atoms. The molecule has 0 atom stereocenters. The van der Waals surface area contributed by atoms with Gasteiger partial charge in [-0.25, -0.2) is 5.43 Å². The molecule has 25 heavy (non-hydrogen) atoms. The normalized spacial score (nSPS) is 11.5. The largest absolute Gasteiger partial charge is 0.484 e. The van der Waals surface area contributed by atoms with Crippen LogP contribution in [0.1, 0.15) is 44.7 Å². The van der Waals surface area contributed by atoms with Crippen LogP contribution in [0.5, 0.6) is 5.75 Å². The Morgan fingerprint density at radius 3 is 2.48 bits per heavy atom. The molecule has 136 valence electrons. The minimum atomic E-state index is -0.308. The van der Waals surface area contributed by atoms with Crippen molar-refractivity contribution in [2.75, 3.05) is 6.61 Å². The van der Waals surface area contributed by atoms with E-state index in [1.165, 1.54) is 11.1 Å². The number of benzene rings is 1. The Labute approximate surface area is 155 Å². The number of nitrogens with zero attached hydrogens (tertiary/aromatic N) is 1. The first-order valence-electron chi connectivity index (χ1n) is 8.30. The molecular weight excluding hydrogens is 336 g/mol. The third-order valence-corrected chi connectivity index (χ3v) is 4.09. The van der Waals surface area contributed by atoms with E-state index in [2.05, 4.69) is 30.5 Å². The second-order valence-corrected chi connectivity index (χ2v) is 6.68. The third-order valence-electron chi connectivity index (χ3n) is 3.49. The molecule has 0 radical (unpaired) electrons. The van der Waals surface area contributed by atoms with Crippen LogP contribution in [-0.2, 0) is 4.79 Å². The molecule has 1 N–H and O–H groups in total. The summed E-state index contributed by atoms with van der Waals surface area (Å²) < 4.78 is 5.47. The highest BCUT2D eigenvalue weighted by atomic mass is 35.5. The van der Waals surface area contributed by atoms with E-state index in [9.17, 15) is 4.79 Å². The van der Waals surface area contributed by atoms with Gasteiger partial charge in [-0.1, -0.05) is 28.8 Å². The monoisotopic (exact) mass is 362 g/mol. The molecule has 0 aliphatic rings. The van der Waals surface area contributed by atoms with Gasteiger partial charge in [-0.2, -0.15) is 5.10 Å². The summed E-state index contributed by atoms with van der Waals surface area (Å²) in [6.45, 7) is 9.93. The second-order valence-electron chi connectivity index (χ2n) is 6.31. The van der Waals surface area contributed by atoms with Crippen molar-refractivity contribution >= 4 is 23.7 Å². The highest BCUT2D eigenvalue weighted by Crippen LogP contribution is 2.25. The lowest BCUT2D eigenvalue weighted by Gasteiger charge is -2.09. The molecule has 1 aromatic carbocycles. The van der Waals surface area contributed by atoms with Crippen molar-refractivity contribution in [3.8, 4) is 5.75 Å². The minimum Gasteiger partial charge on any atom is -0.484 e. The topological polar surface area (TPSA) is 50.7 Å². The first-order chi connectivity index (χ1) is 11.8. The molecule has 0 heterocycles. The van der Waals surface area contributed by atoms with Gasteiger partial charge in [0.25, 0.3) is 5.91 Å². The summed E-state index contributed by atoms with van der Waals surface area (Å²) in [5, 5.41) is 4.61. The van der Waals surface area contributed by atoms with E-state index in [1.54, 1.807) is 6.21 Å². The first kappa shape index (κ1) is 21.0. The molecule has 0 saturated carbocycles. The fraction of sp³-hybridized carbons (Fsp3) is 0.400. The van der Waals surface area contributed by atoms with Gasteiger partial charge in [0.2, 0.25) is 0 Å². The summed E-state index contributed by atoms with van der Waals surface area (Å²) >= 11 is 6.11. The lowest BCUT2D eigenvalue weighted by molar-refractivity contribution is -0.123. The maximum Gasteiger partial charge on any atom is 0.277 e. The fourth-order valence-corrected chi connectivity index (χ4v) is 2.23. The number of halogens is 1. The van der Waals surface area contributed by atoms with Crippen molar-refractivity contribution in [3.05, 3.63) is 51.6 Å². The summed E-state index contributed by atoms with van der Waals surface area (Å²) in [4.78, 5) is 11.7. The zero-order valence-electron chi connectivity index (χ0n) is 15.6. The Morgan fingerprint density at radius 1 is 1.24 bits per heavy atom. The number of carbonyl (C=O) groups excluding carboxylic acids is 1. The van der Waals surface area contributed by atoms with Crippen LogP contribution >= 0.6 is 11.6 Å². The average molecular weight is 363 g/mol. The van der Waals surface area contributed by atoms with E-state index < -0.39 is 0 Å². The smallest absolute Gasteiger partial charge is 0.277 e. The number of aryl methyl sites for hydroxylation is 2. The van der Waals surface area contributed by atoms with Crippen LogP contribution in [0.4, 0.5) is 0 Å². The third kappa shape index (κ3) is 8.54. The van der Waals surface area contributed by atoms with Crippen molar-refractivity contribution in [1.29, 1.82) is 0 Å². The van der Waals surface area contributed by atoms with Gasteiger partial charge in [-0.3, -0.25) is 4.79 Å². The van der Waals surface area contributed by atoms with Gasteiger partial charge in [0.15, 0.2) is 6.61 Å². The molecule has 1 rings (SSSR count). The number of hydrogen-bond acceptors (Lipinski definition) is 3. The summed E-state index contributed by atoms with van der Waals surface area (Å²) in [7, 11) is 0. The van der Waals surface area contributed by atoms with Gasteiger partial charge < -0.3 is 4.74 Å². The Kier molecular flexibility index (Phi) is 9.00.